The van der Waals surface area contributed by atoms with Gasteiger partial charge >= 0.3 is 0 Å². The van der Waals surface area contributed by atoms with Crippen molar-refractivity contribution in [2.75, 3.05) is 0 Å². The zero-order chi connectivity index (χ0) is 24.5. The third-order valence-corrected chi connectivity index (χ3v) is 7.53. The molecular weight excluding hydrogens is 428 g/mol. The first-order chi connectivity index (χ1) is 16.8. The summed E-state index contributed by atoms with van der Waals surface area (Å²) >= 11 is 0. The van der Waals surface area contributed by atoms with Crippen LogP contribution in [0.3, 0.4) is 0 Å². The summed E-state index contributed by atoms with van der Waals surface area (Å²) in [5.74, 6) is 0. The molecule has 0 N–H and O–H groups in total. The Hall–Kier alpha value is -3.90. The fourth-order valence-corrected chi connectivity index (χ4v) is 5.84. The summed E-state index contributed by atoms with van der Waals surface area (Å²) in [5, 5.41) is 12.2. The van der Waals surface area contributed by atoms with E-state index < -0.39 is 0 Å². The van der Waals surface area contributed by atoms with E-state index in [1.165, 1.54) is 22.3 Å². The maximum Gasteiger partial charge on any atom is 0.216 e. The minimum absolute atomic E-state index is 0.278. The van der Waals surface area contributed by atoms with E-state index in [1.807, 2.05) is 12.1 Å². The Labute approximate surface area is 206 Å². The maximum absolute atomic E-state index is 10.0. The Morgan fingerprint density at radius 1 is 0.857 bits per heavy atom. The molecule has 0 atom stereocenters. The highest BCUT2D eigenvalue weighted by Gasteiger charge is 2.29. The Morgan fingerprint density at radius 2 is 1.57 bits per heavy atom. The van der Waals surface area contributed by atoms with Gasteiger partial charge < -0.3 is 4.42 Å². The van der Waals surface area contributed by atoms with Crippen molar-refractivity contribution < 1.29 is 8.98 Å². The van der Waals surface area contributed by atoms with E-state index in [4.69, 9.17) is 4.42 Å². The number of rotatable bonds is 2. The molecule has 35 heavy (non-hydrogen) atoms. The molecule has 0 spiro atoms. The molecule has 2 aromatic heterocycles. The second-order valence-electron chi connectivity index (χ2n) is 10.9. The molecule has 0 saturated carbocycles. The molecular formula is C32H29N2O+. The van der Waals surface area contributed by atoms with E-state index in [2.05, 4.69) is 94.0 Å². The van der Waals surface area contributed by atoms with E-state index in [0.717, 1.165) is 57.2 Å². The van der Waals surface area contributed by atoms with Gasteiger partial charge in [-0.2, -0.15) is 5.26 Å². The third-order valence-electron chi connectivity index (χ3n) is 7.53. The zero-order valence-corrected chi connectivity index (χ0v) is 21.0. The van der Waals surface area contributed by atoms with Gasteiger partial charge in [0.15, 0.2) is 6.20 Å². The van der Waals surface area contributed by atoms with Gasteiger partial charge in [0.05, 0.1) is 17.2 Å². The summed E-state index contributed by atoms with van der Waals surface area (Å²) in [6, 6.07) is 21.7. The van der Waals surface area contributed by atoms with Gasteiger partial charge in [-0.1, -0.05) is 44.2 Å². The second kappa shape index (κ2) is 7.55. The standard InChI is InChI=1S/C32H29N2O/c1-19-12-13-34(5)27(14-19)28-20(2)6-10-25-26-11-9-23(18-33)29(31(26)35-30(25)28)21-7-8-22-16-32(3,4)17-24(22)15-21/h6-15H,16-17H2,1-5H3/q+1. The Balaban J connectivity index is 1.66. The fourth-order valence-electron chi connectivity index (χ4n) is 5.84. The average molecular weight is 458 g/mol. The number of fused-ring (bicyclic) bond motifs is 4. The average Bonchev–Trinajstić information content (AvgIpc) is 3.34. The monoisotopic (exact) mass is 457 g/mol. The molecule has 0 amide bonds. The van der Waals surface area contributed by atoms with Crippen molar-refractivity contribution >= 4 is 21.9 Å². The molecule has 0 unspecified atom stereocenters. The van der Waals surface area contributed by atoms with Crippen LogP contribution in [0.25, 0.3) is 44.3 Å². The SMILES string of the molecule is Cc1cc[n+](C)c(-c2c(C)ccc3c2oc2c(-c4ccc5c(c4)CC(C)(C)C5)c(C#N)ccc23)c1. The van der Waals surface area contributed by atoms with Crippen LogP contribution in [0.4, 0.5) is 0 Å². The minimum atomic E-state index is 0.278. The number of nitriles is 1. The number of hydrogen-bond donors (Lipinski definition) is 0. The fraction of sp³-hybridized carbons (Fsp3) is 0.250. The van der Waals surface area contributed by atoms with Crippen LogP contribution >= 0.6 is 0 Å². The van der Waals surface area contributed by atoms with E-state index >= 15 is 0 Å². The highest BCUT2D eigenvalue weighted by atomic mass is 16.3. The second-order valence-corrected chi connectivity index (χ2v) is 10.9. The maximum atomic E-state index is 10.0. The van der Waals surface area contributed by atoms with Crippen LogP contribution in [0.2, 0.25) is 0 Å². The molecule has 0 radical (unpaired) electrons. The first-order valence-electron chi connectivity index (χ1n) is 12.2. The van der Waals surface area contributed by atoms with Crippen LogP contribution in [0.15, 0.2) is 65.2 Å². The van der Waals surface area contributed by atoms with Crippen molar-refractivity contribution in [3.05, 3.63) is 88.6 Å². The number of hydrogen-bond acceptors (Lipinski definition) is 2. The zero-order valence-electron chi connectivity index (χ0n) is 21.0. The molecule has 3 nitrogen and oxygen atoms in total. The van der Waals surface area contributed by atoms with E-state index in [-0.39, 0.29) is 5.41 Å². The first-order valence-corrected chi connectivity index (χ1v) is 12.2. The number of aromatic nitrogens is 1. The van der Waals surface area contributed by atoms with Crippen molar-refractivity contribution in [3.63, 3.8) is 0 Å². The lowest BCUT2D eigenvalue weighted by Gasteiger charge is -2.14. The lowest BCUT2D eigenvalue weighted by atomic mass is 9.90. The summed E-state index contributed by atoms with van der Waals surface area (Å²) in [6.45, 7) is 8.89. The van der Waals surface area contributed by atoms with Gasteiger partial charge in [-0.3, -0.25) is 0 Å². The van der Waals surface area contributed by atoms with Crippen LogP contribution in [-0.4, -0.2) is 0 Å². The predicted octanol–water partition coefficient (Wildman–Crippen LogP) is 7.36. The normalized spacial score (nSPS) is 14.4. The van der Waals surface area contributed by atoms with Gasteiger partial charge in [0, 0.05) is 28.5 Å². The molecule has 0 bridgehead atoms. The lowest BCUT2D eigenvalue weighted by Crippen LogP contribution is -2.30. The van der Waals surface area contributed by atoms with Gasteiger partial charge in [-0.05, 0) is 72.1 Å². The molecule has 2 heterocycles. The van der Waals surface area contributed by atoms with Crippen molar-refractivity contribution in [2.24, 2.45) is 12.5 Å². The Morgan fingerprint density at radius 3 is 2.34 bits per heavy atom. The smallest absolute Gasteiger partial charge is 0.216 e. The van der Waals surface area contributed by atoms with Crippen LogP contribution < -0.4 is 4.57 Å². The van der Waals surface area contributed by atoms with Crippen molar-refractivity contribution in [1.29, 1.82) is 5.26 Å². The summed E-state index contributed by atoms with van der Waals surface area (Å²) in [6.07, 6.45) is 4.25. The quantitative estimate of drug-likeness (QED) is 0.260. The molecule has 5 aromatic rings. The van der Waals surface area contributed by atoms with Gasteiger partial charge in [-0.15, -0.1) is 0 Å². The number of furan rings is 1. The number of aryl methyl sites for hydroxylation is 3. The molecule has 3 aromatic carbocycles. The van der Waals surface area contributed by atoms with E-state index in [0.29, 0.717) is 5.56 Å². The molecule has 6 rings (SSSR count). The summed E-state index contributed by atoms with van der Waals surface area (Å²) in [4.78, 5) is 0. The van der Waals surface area contributed by atoms with Crippen LogP contribution in [0.1, 0.15) is 41.7 Å². The summed E-state index contributed by atoms with van der Waals surface area (Å²) < 4.78 is 8.88. The highest BCUT2D eigenvalue weighted by molar-refractivity contribution is 6.14. The van der Waals surface area contributed by atoms with Gasteiger partial charge in [0.2, 0.25) is 5.69 Å². The first kappa shape index (κ1) is 21.6. The van der Waals surface area contributed by atoms with Crippen molar-refractivity contribution in [1.82, 2.24) is 0 Å². The Bertz CT molecular complexity index is 1710. The molecule has 1 aliphatic carbocycles. The van der Waals surface area contributed by atoms with Crippen molar-refractivity contribution in [3.8, 4) is 28.5 Å². The minimum Gasteiger partial charge on any atom is -0.454 e. The number of nitrogens with zero attached hydrogens (tertiary/aromatic N) is 2. The van der Waals surface area contributed by atoms with E-state index in [1.54, 1.807) is 0 Å². The third kappa shape index (κ3) is 3.36. The van der Waals surface area contributed by atoms with Crippen molar-refractivity contribution in [2.45, 2.75) is 40.5 Å². The van der Waals surface area contributed by atoms with Gasteiger partial charge in [-0.25, -0.2) is 4.57 Å². The molecule has 0 aliphatic heterocycles. The summed E-state index contributed by atoms with van der Waals surface area (Å²) in [7, 11) is 2.07. The number of pyridine rings is 1. The molecule has 0 saturated heterocycles. The highest BCUT2D eigenvalue weighted by Crippen LogP contribution is 2.44. The van der Waals surface area contributed by atoms with Crippen LogP contribution in [-0.2, 0) is 19.9 Å². The largest absolute Gasteiger partial charge is 0.454 e. The topological polar surface area (TPSA) is 40.8 Å². The van der Waals surface area contributed by atoms with Gasteiger partial charge in [0.25, 0.3) is 0 Å². The predicted molar refractivity (Wildman–Crippen MR) is 141 cm³/mol. The van der Waals surface area contributed by atoms with Crippen LogP contribution in [0, 0.1) is 30.6 Å². The number of benzene rings is 3. The Kier molecular flexibility index (Phi) is 4.66. The van der Waals surface area contributed by atoms with E-state index in [9.17, 15) is 5.26 Å². The molecule has 3 heteroatoms. The molecule has 172 valence electrons. The summed E-state index contributed by atoms with van der Waals surface area (Å²) in [5.41, 5.74) is 11.9. The molecule has 0 fully saturated rings. The lowest BCUT2D eigenvalue weighted by molar-refractivity contribution is -0.660. The molecule has 1 aliphatic rings. The van der Waals surface area contributed by atoms with Crippen LogP contribution in [0.5, 0.6) is 0 Å². The van der Waals surface area contributed by atoms with Gasteiger partial charge in [0.1, 0.15) is 18.2 Å².